The third-order valence-corrected chi connectivity index (χ3v) is 1.81. The highest BCUT2D eigenvalue weighted by molar-refractivity contribution is 8.01. The minimum Gasteiger partial charge on any atom is -0.263 e. The predicted molar refractivity (Wildman–Crippen MR) is 49.7 cm³/mol. The van der Waals surface area contributed by atoms with Gasteiger partial charge >= 0.3 is 0 Å². The van der Waals surface area contributed by atoms with Gasteiger partial charge in [0.25, 0.3) is 0 Å². The number of nitrogens with one attached hydrogen (secondary N) is 1. The molecule has 0 amide bonds. The Kier molecular flexibility index (Phi) is 5.08. The van der Waals surface area contributed by atoms with Gasteiger partial charge in [-0.1, -0.05) is 19.2 Å². The summed E-state index contributed by atoms with van der Waals surface area (Å²) in [6.45, 7) is 9.39. The van der Waals surface area contributed by atoms with Crippen LogP contribution in [-0.4, -0.2) is 7.05 Å². The maximum absolute atomic E-state index is 3.82. The molecule has 0 unspecified atom stereocenters. The summed E-state index contributed by atoms with van der Waals surface area (Å²) in [5.41, 5.74) is 1.05. The molecule has 0 aromatic heterocycles. The summed E-state index contributed by atoms with van der Waals surface area (Å²) < 4.78 is 2.97. The lowest BCUT2D eigenvalue weighted by Crippen LogP contribution is -1.92. The van der Waals surface area contributed by atoms with Gasteiger partial charge in [0.2, 0.25) is 0 Å². The number of allylic oxidation sites excluding steroid dienone is 3. The van der Waals surface area contributed by atoms with E-state index in [1.807, 2.05) is 20.0 Å². The van der Waals surface area contributed by atoms with E-state index in [0.29, 0.717) is 0 Å². The van der Waals surface area contributed by atoms with Crippen LogP contribution in [0.15, 0.2) is 35.8 Å². The van der Waals surface area contributed by atoms with Gasteiger partial charge < -0.3 is 0 Å². The van der Waals surface area contributed by atoms with Crippen molar-refractivity contribution in [2.75, 3.05) is 7.05 Å². The second-order valence-corrected chi connectivity index (χ2v) is 2.91. The SMILES string of the molecule is C=C/C=C(/SNC)C(=C)C. The van der Waals surface area contributed by atoms with Crippen LogP contribution in [0.3, 0.4) is 0 Å². The summed E-state index contributed by atoms with van der Waals surface area (Å²) in [4.78, 5) is 1.12. The lowest BCUT2D eigenvalue weighted by molar-refractivity contribution is 1.30. The molecule has 0 heterocycles. The Morgan fingerprint density at radius 1 is 1.60 bits per heavy atom. The molecule has 0 rings (SSSR count). The second-order valence-electron chi connectivity index (χ2n) is 1.85. The molecule has 0 saturated heterocycles. The normalized spacial score (nSPS) is 11.2. The molecule has 0 aliphatic carbocycles. The van der Waals surface area contributed by atoms with E-state index in [4.69, 9.17) is 0 Å². The summed E-state index contributed by atoms with van der Waals surface area (Å²) in [7, 11) is 1.88. The highest BCUT2D eigenvalue weighted by atomic mass is 32.2. The Hall–Kier alpha value is -0.470. The Labute approximate surface area is 67.0 Å². The van der Waals surface area contributed by atoms with Crippen molar-refractivity contribution in [1.82, 2.24) is 4.72 Å². The Morgan fingerprint density at radius 2 is 2.20 bits per heavy atom. The van der Waals surface area contributed by atoms with Crippen LogP contribution in [0, 0.1) is 0 Å². The van der Waals surface area contributed by atoms with E-state index >= 15 is 0 Å². The number of hydrogen-bond donors (Lipinski definition) is 1. The Balaban J connectivity index is 4.11. The molecule has 0 aliphatic heterocycles. The molecule has 10 heavy (non-hydrogen) atoms. The van der Waals surface area contributed by atoms with Crippen molar-refractivity contribution < 1.29 is 0 Å². The second kappa shape index (κ2) is 5.33. The largest absolute Gasteiger partial charge is 0.263 e. The molecule has 56 valence electrons. The standard InChI is InChI=1S/C8H13NS/c1-5-6-8(7(2)3)10-9-4/h5-6,9H,1-2H2,3-4H3/b8-6+. The minimum absolute atomic E-state index is 1.05. The fraction of sp³-hybridized carbons (Fsp3) is 0.250. The van der Waals surface area contributed by atoms with Gasteiger partial charge in [0.05, 0.1) is 0 Å². The van der Waals surface area contributed by atoms with Crippen molar-refractivity contribution >= 4 is 11.9 Å². The van der Waals surface area contributed by atoms with Crippen molar-refractivity contribution in [3.63, 3.8) is 0 Å². The van der Waals surface area contributed by atoms with Crippen LogP contribution in [0.25, 0.3) is 0 Å². The molecular weight excluding hydrogens is 142 g/mol. The number of rotatable bonds is 4. The minimum atomic E-state index is 1.05. The smallest absolute Gasteiger partial charge is 0.0251 e. The maximum Gasteiger partial charge on any atom is 0.0251 e. The highest BCUT2D eigenvalue weighted by Gasteiger charge is 1.93. The van der Waals surface area contributed by atoms with Crippen LogP contribution in [0.2, 0.25) is 0 Å². The molecular formula is C8H13NS. The van der Waals surface area contributed by atoms with E-state index in [0.717, 1.165) is 10.5 Å². The molecule has 0 saturated carbocycles. The van der Waals surface area contributed by atoms with E-state index in [2.05, 4.69) is 17.9 Å². The van der Waals surface area contributed by atoms with E-state index in [9.17, 15) is 0 Å². The van der Waals surface area contributed by atoms with Crippen LogP contribution in [-0.2, 0) is 0 Å². The van der Waals surface area contributed by atoms with Crippen molar-refractivity contribution in [1.29, 1.82) is 0 Å². The van der Waals surface area contributed by atoms with Crippen LogP contribution < -0.4 is 4.72 Å². The van der Waals surface area contributed by atoms with Gasteiger partial charge in [0, 0.05) is 4.91 Å². The monoisotopic (exact) mass is 155 g/mol. The average Bonchev–Trinajstić information content (AvgIpc) is 1.87. The van der Waals surface area contributed by atoms with Gasteiger partial charge in [-0.3, -0.25) is 4.72 Å². The molecule has 0 aliphatic rings. The zero-order valence-corrected chi connectivity index (χ0v) is 7.29. The molecule has 0 atom stereocenters. The first-order chi connectivity index (χ1) is 4.72. The predicted octanol–water partition coefficient (Wildman–Crippen LogP) is 2.50. The van der Waals surface area contributed by atoms with E-state index < -0.39 is 0 Å². The molecule has 2 heteroatoms. The zero-order chi connectivity index (χ0) is 7.98. The van der Waals surface area contributed by atoms with Gasteiger partial charge in [0.1, 0.15) is 0 Å². The lowest BCUT2D eigenvalue weighted by Gasteiger charge is -2.02. The van der Waals surface area contributed by atoms with Crippen LogP contribution >= 0.6 is 11.9 Å². The average molecular weight is 155 g/mol. The molecule has 0 aromatic carbocycles. The van der Waals surface area contributed by atoms with E-state index in [1.165, 1.54) is 0 Å². The fourth-order valence-corrected chi connectivity index (χ4v) is 1.04. The van der Waals surface area contributed by atoms with Crippen molar-refractivity contribution in [2.45, 2.75) is 6.92 Å². The molecule has 1 N–H and O–H groups in total. The van der Waals surface area contributed by atoms with Gasteiger partial charge in [-0.25, -0.2) is 0 Å². The van der Waals surface area contributed by atoms with Crippen molar-refractivity contribution in [3.05, 3.63) is 35.8 Å². The summed E-state index contributed by atoms with van der Waals surface area (Å²) in [5, 5.41) is 0. The van der Waals surface area contributed by atoms with Crippen molar-refractivity contribution in [3.8, 4) is 0 Å². The van der Waals surface area contributed by atoms with Crippen LogP contribution in [0.4, 0.5) is 0 Å². The van der Waals surface area contributed by atoms with Crippen LogP contribution in [0.5, 0.6) is 0 Å². The van der Waals surface area contributed by atoms with E-state index in [1.54, 1.807) is 18.0 Å². The molecule has 0 bridgehead atoms. The van der Waals surface area contributed by atoms with E-state index in [-0.39, 0.29) is 0 Å². The molecule has 0 radical (unpaired) electrons. The molecule has 0 spiro atoms. The summed E-state index contributed by atoms with van der Waals surface area (Å²) in [5.74, 6) is 0. The zero-order valence-electron chi connectivity index (χ0n) is 6.48. The summed E-state index contributed by atoms with van der Waals surface area (Å²) in [6, 6.07) is 0. The van der Waals surface area contributed by atoms with Gasteiger partial charge in [-0.05, 0) is 37.6 Å². The fourth-order valence-electron chi connectivity index (χ4n) is 0.480. The Bertz CT molecular complexity index is 159. The first kappa shape index (κ1) is 9.53. The lowest BCUT2D eigenvalue weighted by atomic mass is 10.3. The maximum atomic E-state index is 3.82. The third-order valence-electron chi connectivity index (χ3n) is 0.902. The summed E-state index contributed by atoms with van der Waals surface area (Å²) >= 11 is 1.55. The van der Waals surface area contributed by atoms with Gasteiger partial charge in [0.15, 0.2) is 0 Å². The molecule has 1 nitrogen and oxygen atoms in total. The summed E-state index contributed by atoms with van der Waals surface area (Å²) in [6.07, 6.45) is 3.69. The van der Waals surface area contributed by atoms with Crippen molar-refractivity contribution in [2.24, 2.45) is 0 Å². The number of hydrogen-bond acceptors (Lipinski definition) is 2. The molecule has 0 aromatic rings. The van der Waals surface area contributed by atoms with Gasteiger partial charge in [-0.15, -0.1) is 0 Å². The molecule has 0 fully saturated rings. The Morgan fingerprint density at radius 3 is 2.50 bits per heavy atom. The first-order valence-corrected chi connectivity index (χ1v) is 3.86. The van der Waals surface area contributed by atoms with Crippen LogP contribution in [0.1, 0.15) is 6.92 Å². The topological polar surface area (TPSA) is 12.0 Å². The third kappa shape index (κ3) is 3.54. The first-order valence-electron chi connectivity index (χ1n) is 3.04. The van der Waals surface area contributed by atoms with Gasteiger partial charge in [-0.2, -0.15) is 0 Å². The quantitative estimate of drug-likeness (QED) is 0.494. The highest BCUT2D eigenvalue weighted by Crippen LogP contribution is 2.18.